The summed E-state index contributed by atoms with van der Waals surface area (Å²) in [5, 5.41) is 6.29. The van der Waals surface area contributed by atoms with Gasteiger partial charge in [0.25, 0.3) is 5.91 Å². The molecule has 4 rings (SSSR count). The second kappa shape index (κ2) is 11.5. The smallest absolute Gasteiger partial charge is 0.255 e. The molecule has 0 aliphatic carbocycles. The zero-order valence-corrected chi connectivity index (χ0v) is 20.0. The molecule has 1 fully saturated rings. The summed E-state index contributed by atoms with van der Waals surface area (Å²) in [4.78, 5) is 24.0. The number of hydrogen-bond donors (Lipinski definition) is 2. The number of benzene rings is 2. The van der Waals surface area contributed by atoms with Gasteiger partial charge in [-0.25, -0.2) is 9.97 Å². The minimum Gasteiger partial charge on any atom is -0.494 e. The number of hydrogen-bond acceptors (Lipinski definition) is 6. The van der Waals surface area contributed by atoms with Crippen LogP contribution < -0.4 is 20.3 Å². The first-order valence-corrected chi connectivity index (χ1v) is 12.1. The predicted octanol–water partition coefficient (Wildman–Crippen LogP) is 5.95. The lowest BCUT2D eigenvalue weighted by Gasteiger charge is -2.18. The lowest BCUT2D eigenvalue weighted by molar-refractivity contribution is 0.102. The number of ether oxygens (including phenoxy) is 1. The van der Waals surface area contributed by atoms with Crippen LogP contribution >= 0.6 is 0 Å². The van der Waals surface area contributed by atoms with Crippen LogP contribution in [0.15, 0.2) is 54.6 Å². The van der Waals surface area contributed by atoms with Crippen LogP contribution in [0.5, 0.6) is 5.75 Å². The lowest BCUT2D eigenvalue weighted by atomic mass is 10.2. The zero-order valence-electron chi connectivity index (χ0n) is 20.0. The summed E-state index contributed by atoms with van der Waals surface area (Å²) in [6.45, 7) is 6.86. The van der Waals surface area contributed by atoms with E-state index in [2.05, 4.69) is 32.4 Å². The molecule has 0 spiro atoms. The van der Waals surface area contributed by atoms with Crippen LogP contribution in [0, 0.1) is 6.92 Å². The molecule has 178 valence electrons. The van der Waals surface area contributed by atoms with E-state index in [1.54, 1.807) is 12.1 Å². The number of rotatable bonds is 10. The maximum Gasteiger partial charge on any atom is 0.255 e. The van der Waals surface area contributed by atoms with Crippen molar-refractivity contribution < 1.29 is 9.53 Å². The van der Waals surface area contributed by atoms with Crippen molar-refractivity contribution in [1.29, 1.82) is 0 Å². The fourth-order valence-corrected chi connectivity index (χ4v) is 3.96. The van der Waals surface area contributed by atoms with E-state index in [1.807, 2.05) is 49.4 Å². The normalized spacial score (nSPS) is 13.1. The number of carbonyl (C=O) groups is 1. The minimum atomic E-state index is -0.153. The molecule has 1 aliphatic rings. The van der Waals surface area contributed by atoms with Crippen LogP contribution in [0.2, 0.25) is 0 Å². The average molecular weight is 460 g/mol. The van der Waals surface area contributed by atoms with Gasteiger partial charge < -0.3 is 20.3 Å². The van der Waals surface area contributed by atoms with Crippen LogP contribution in [-0.4, -0.2) is 35.6 Å². The average Bonchev–Trinajstić information content (AvgIpc) is 3.38. The highest BCUT2D eigenvalue weighted by Crippen LogP contribution is 2.24. The Kier molecular flexibility index (Phi) is 7.96. The fraction of sp³-hybridized carbons (Fsp3) is 0.370. The number of aryl methyl sites for hydroxylation is 1. The van der Waals surface area contributed by atoms with E-state index < -0.39 is 0 Å². The SMILES string of the molecule is CCCCCOc1ccc(C(=O)Nc2ccc(Nc3cc(N4CCCC4)nc(C)n3)cc2)cc1. The van der Waals surface area contributed by atoms with Crippen molar-refractivity contribution in [1.82, 2.24) is 9.97 Å². The number of amides is 1. The summed E-state index contributed by atoms with van der Waals surface area (Å²) in [5.74, 6) is 3.11. The Morgan fingerprint density at radius 3 is 2.38 bits per heavy atom. The number of unbranched alkanes of at least 4 members (excludes halogenated alkanes) is 2. The number of carbonyl (C=O) groups excluding carboxylic acids is 1. The van der Waals surface area contributed by atoms with Crippen LogP contribution in [0.4, 0.5) is 23.0 Å². The van der Waals surface area contributed by atoms with Crippen LogP contribution in [-0.2, 0) is 0 Å². The molecule has 34 heavy (non-hydrogen) atoms. The summed E-state index contributed by atoms with van der Waals surface area (Å²) in [5.41, 5.74) is 2.22. The Balaban J connectivity index is 1.32. The summed E-state index contributed by atoms with van der Waals surface area (Å²) in [6, 6.07) is 16.9. The maximum absolute atomic E-state index is 12.6. The number of anilines is 4. The Morgan fingerprint density at radius 1 is 0.971 bits per heavy atom. The van der Waals surface area contributed by atoms with Gasteiger partial charge in [0, 0.05) is 36.1 Å². The molecule has 2 N–H and O–H groups in total. The molecule has 0 radical (unpaired) electrons. The Morgan fingerprint density at radius 2 is 1.68 bits per heavy atom. The number of aromatic nitrogens is 2. The van der Waals surface area contributed by atoms with E-state index >= 15 is 0 Å². The van der Waals surface area contributed by atoms with Crippen molar-refractivity contribution in [2.45, 2.75) is 46.0 Å². The Labute approximate surface area is 201 Å². The summed E-state index contributed by atoms with van der Waals surface area (Å²) < 4.78 is 5.72. The quantitative estimate of drug-likeness (QED) is 0.365. The van der Waals surface area contributed by atoms with Gasteiger partial charge in [-0.05, 0) is 74.7 Å². The molecule has 3 aromatic rings. The highest BCUT2D eigenvalue weighted by molar-refractivity contribution is 6.04. The highest BCUT2D eigenvalue weighted by atomic mass is 16.5. The van der Waals surface area contributed by atoms with Gasteiger partial charge in [-0.15, -0.1) is 0 Å². The van der Waals surface area contributed by atoms with Gasteiger partial charge in [-0.3, -0.25) is 4.79 Å². The van der Waals surface area contributed by atoms with Gasteiger partial charge in [0.2, 0.25) is 0 Å². The van der Waals surface area contributed by atoms with Crippen molar-refractivity contribution >= 4 is 28.9 Å². The van der Waals surface area contributed by atoms with Crippen LogP contribution in [0.25, 0.3) is 0 Å². The van der Waals surface area contributed by atoms with Gasteiger partial charge in [-0.1, -0.05) is 19.8 Å². The van der Waals surface area contributed by atoms with Crippen LogP contribution in [0.1, 0.15) is 55.2 Å². The van der Waals surface area contributed by atoms with Gasteiger partial charge >= 0.3 is 0 Å². The van der Waals surface area contributed by atoms with Gasteiger partial charge in [0.1, 0.15) is 23.2 Å². The Bertz CT molecular complexity index is 1080. The second-order valence-corrected chi connectivity index (χ2v) is 8.59. The standard InChI is InChI=1S/C27H33N5O2/c1-3-4-7-18-34-24-14-8-21(9-15-24)27(33)31-23-12-10-22(11-13-23)30-25-19-26(29-20(2)28-25)32-16-5-6-17-32/h8-15,19H,3-7,16-18H2,1-2H3,(H,31,33)(H,28,29,30). The minimum absolute atomic E-state index is 0.153. The number of nitrogens with one attached hydrogen (secondary N) is 2. The molecule has 1 amide bonds. The van der Waals surface area contributed by atoms with Crippen molar-refractivity contribution in [2.24, 2.45) is 0 Å². The monoisotopic (exact) mass is 459 g/mol. The first-order chi connectivity index (χ1) is 16.6. The second-order valence-electron chi connectivity index (χ2n) is 8.59. The molecule has 0 saturated carbocycles. The molecule has 0 bridgehead atoms. The molecule has 0 unspecified atom stereocenters. The van der Waals surface area contributed by atoms with Crippen molar-refractivity contribution in [2.75, 3.05) is 35.2 Å². The summed E-state index contributed by atoms with van der Waals surface area (Å²) in [7, 11) is 0. The molecule has 2 aromatic carbocycles. The number of nitrogens with zero attached hydrogens (tertiary/aromatic N) is 3. The predicted molar refractivity (Wildman–Crippen MR) is 137 cm³/mol. The molecule has 2 heterocycles. The third-order valence-corrected chi connectivity index (χ3v) is 5.80. The molecular formula is C27H33N5O2. The summed E-state index contributed by atoms with van der Waals surface area (Å²) in [6.07, 6.45) is 5.78. The molecule has 1 aliphatic heterocycles. The van der Waals surface area contributed by atoms with Crippen molar-refractivity contribution in [3.63, 3.8) is 0 Å². The first-order valence-electron chi connectivity index (χ1n) is 12.1. The highest BCUT2D eigenvalue weighted by Gasteiger charge is 2.15. The maximum atomic E-state index is 12.6. The molecule has 7 nitrogen and oxygen atoms in total. The van der Waals surface area contributed by atoms with E-state index in [0.29, 0.717) is 12.2 Å². The van der Waals surface area contributed by atoms with Gasteiger partial charge in [0.05, 0.1) is 6.61 Å². The topological polar surface area (TPSA) is 79.4 Å². The molecule has 0 atom stereocenters. The zero-order chi connectivity index (χ0) is 23.8. The fourth-order valence-electron chi connectivity index (χ4n) is 3.96. The molecule has 1 aromatic heterocycles. The molecular weight excluding hydrogens is 426 g/mol. The van der Waals surface area contributed by atoms with E-state index in [4.69, 9.17) is 4.74 Å². The van der Waals surface area contributed by atoms with E-state index in [9.17, 15) is 4.79 Å². The van der Waals surface area contributed by atoms with Crippen LogP contribution in [0.3, 0.4) is 0 Å². The van der Waals surface area contributed by atoms with E-state index in [1.165, 1.54) is 19.3 Å². The third-order valence-electron chi connectivity index (χ3n) is 5.80. The van der Waals surface area contributed by atoms with Gasteiger partial charge in [-0.2, -0.15) is 0 Å². The Hall–Kier alpha value is -3.61. The van der Waals surface area contributed by atoms with Gasteiger partial charge in [0.15, 0.2) is 0 Å². The largest absolute Gasteiger partial charge is 0.494 e. The molecule has 1 saturated heterocycles. The van der Waals surface area contributed by atoms with E-state index in [0.717, 1.165) is 60.5 Å². The third kappa shape index (κ3) is 6.47. The van der Waals surface area contributed by atoms with E-state index in [-0.39, 0.29) is 5.91 Å². The lowest BCUT2D eigenvalue weighted by Crippen LogP contribution is -2.19. The first kappa shape index (κ1) is 23.5. The summed E-state index contributed by atoms with van der Waals surface area (Å²) >= 11 is 0. The van der Waals surface area contributed by atoms with Crippen molar-refractivity contribution in [3.8, 4) is 5.75 Å². The van der Waals surface area contributed by atoms with Crippen molar-refractivity contribution in [3.05, 3.63) is 66.0 Å². The molecule has 7 heteroatoms.